The topological polar surface area (TPSA) is 48.0 Å². The Balaban J connectivity index is 1.56. The van der Waals surface area contributed by atoms with Crippen LogP contribution >= 0.6 is 11.3 Å². The molecule has 0 bridgehead atoms. The molecular weight excluding hydrogens is 363 g/mol. The van der Waals surface area contributed by atoms with E-state index in [1.54, 1.807) is 28.0 Å². The number of rotatable bonds is 3. The molecule has 0 aliphatic rings. The lowest BCUT2D eigenvalue weighted by Crippen LogP contribution is -2.14. The molecule has 0 atom stereocenters. The molecule has 3 aromatic carbocycles. The lowest BCUT2D eigenvalue weighted by molar-refractivity contribution is 0.517. The second kappa shape index (κ2) is 6.17. The van der Waals surface area contributed by atoms with Gasteiger partial charge in [-0.15, -0.1) is 11.3 Å². The summed E-state index contributed by atoms with van der Waals surface area (Å²) in [6.45, 7) is 0.330. The lowest BCUT2D eigenvalue weighted by atomic mass is 10.0. The first kappa shape index (κ1) is 16.0. The average Bonchev–Trinajstić information content (AvgIpc) is 3.27. The summed E-state index contributed by atoms with van der Waals surface area (Å²) < 4.78 is 21.2. The van der Waals surface area contributed by atoms with Gasteiger partial charge in [0.15, 0.2) is 5.58 Å². The Morgan fingerprint density at radius 3 is 2.63 bits per heavy atom. The Labute approximate surface area is 157 Å². The van der Waals surface area contributed by atoms with Gasteiger partial charge in [-0.05, 0) is 53.1 Å². The van der Waals surface area contributed by atoms with Crippen molar-refractivity contribution in [3.05, 3.63) is 88.1 Å². The number of hydrogen-bond donors (Lipinski definition) is 0. The SMILES string of the molecule is O=c1oc2cc(-c3ccc4scnc4c3)ccc2n1Cc1ccc(F)cc1. The first-order chi connectivity index (χ1) is 13.2. The van der Waals surface area contributed by atoms with Crippen molar-refractivity contribution >= 4 is 32.7 Å². The molecule has 0 N–H and O–H groups in total. The standard InChI is InChI=1S/C21H13FN2O2S/c22-16-5-1-13(2-6-16)11-24-18-7-3-15(10-19(18)26-21(24)25)14-4-8-20-17(9-14)23-12-27-20/h1-10,12H,11H2. The summed E-state index contributed by atoms with van der Waals surface area (Å²) in [4.78, 5) is 16.7. The van der Waals surface area contributed by atoms with Crippen LogP contribution in [-0.2, 0) is 6.54 Å². The minimum Gasteiger partial charge on any atom is -0.408 e. The van der Waals surface area contributed by atoms with Gasteiger partial charge in [0.05, 0.1) is 27.8 Å². The number of oxazole rings is 1. The van der Waals surface area contributed by atoms with E-state index in [0.717, 1.165) is 26.9 Å². The predicted octanol–water partition coefficient (Wildman–Crippen LogP) is 5.06. The quantitative estimate of drug-likeness (QED) is 0.442. The fraction of sp³-hybridized carbons (Fsp3) is 0.0476. The number of halogens is 1. The molecule has 4 nitrogen and oxygen atoms in total. The number of aromatic nitrogens is 2. The predicted molar refractivity (Wildman–Crippen MR) is 105 cm³/mol. The van der Waals surface area contributed by atoms with Crippen molar-refractivity contribution in [2.45, 2.75) is 6.54 Å². The first-order valence-electron chi connectivity index (χ1n) is 8.39. The Kier molecular flexibility index (Phi) is 3.65. The van der Waals surface area contributed by atoms with Crippen molar-refractivity contribution in [2.24, 2.45) is 0 Å². The molecule has 5 aromatic rings. The van der Waals surface area contributed by atoms with Crippen molar-refractivity contribution in [1.82, 2.24) is 9.55 Å². The van der Waals surface area contributed by atoms with E-state index in [0.29, 0.717) is 17.6 Å². The number of benzene rings is 3. The van der Waals surface area contributed by atoms with Gasteiger partial charge < -0.3 is 4.42 Å². The van der Waals surface area contributed by atoms with E-state index in [1.165, 1.54) is 12.1 Å². The van der Waals surface area contributed by atoms with Crippen molar-refractivity contribution < 1.29 is 8.81 Å². The van der Waals surface area contributed by atoms with E-state index < -0.39 is 5.76 Å². The molecule has 2 heterocycles. The second-order valence-corrected chi connectivity index (χ2v) is 7.18. The fourth-order valence-corrected chi connectivity index (χ4v) is 3.86. The average molecular weight is 376 g/mol. The van der Waals surface area contributed by atoms with Crippen LogP contribution in [0.1, 0.15) is 5.56 Å². The molecular formula is C21H13FN2O2S. The van der Waals surface area contributed by atoms with Crippen molar-refractivity contribution in [3.63, 3.8) is 0 Å². The Hall–Kier alpha value is -3.25. The number of fused-ring (bicyclic) bond motifs is 2. The van der Waals surface area contributed by atoms with Crippen LogP contribution in [0.25, 0.3) is 32.4 Å². The largest absolute Gasteiger partial charge is 0.420 e. The van der Waals surface area contributed by atoms with Crippen LogP contribution in [0.15, 0.2) is 75.4 Å². The van der Waals surface area contributed by atoms with Crippen molar-refractivity contribution in [3.8, 4) is 11.1 Å². The van der Waals surface area contributed by atoms with E-state index in [2.05, 4.69) is 4.98 Å². The monoisotopic (exact) mass is 376 g/mol. The molecule has 2 aromatic heterocycles. The highest BCUT2D eigenvalue weighted by Crippen LogP contribution is 2.28. The van der Waals surface area contributed by atoms with Crippen LogP contribution in [0.3, 0.4) is 0 Å². The van der Waals surface area contributed by atoms with Gasteiger partial charge >= 0.3 is 5.76 Å². The Bertz CT molecular complexity index is 1330. The summed E-state index contributed by atoms with van der Waals surface area (Å²) in [5.74, 6) is -0.730. The summed E-state index contributed by atoms with van der Waals surface area (Å²) in [5.41, 5.74) is 6.82. The summed E-state index contributed by atoms with van der Waals surface area (Å²) in [7, 11) is 0. The number of hydrogen-bond acceptors (Lipinski definition) is 4. The molecule has 0 saturated carbocycles. The third-order valence-corrected chi connectivity index (χ3v) is 5.40. The van der Waals surface area contributed by atoms with Gasteiger partial charge in [-0.2, -0.15) is 0 Å². The van der Waals surface area contributed by atoms with E-state index >= 15 is 0 Å². The van der Waals surface area contributed by atoms with Gasteiger partial charge in [0.25, 0.3) is 0 Å². The van der Waals surface area contributed by atoms with Crippen LogP contribution in [-0.4, -0.2) is 9.55 Å². The maximum Gasteiger partial charge on any atom is 0.420 e. The highest BCUT2D eigenvalue weighted by molar-refractivity contribution is 7.16. The lowest BCUT2D eigenvalue weighted by Gasteiger charge is -2.04. The zero-order valence-electron chi connectivity index (χ0n) is 14.1. The van der Waals surface area contributed by atoms with Crippen LogP contribution in [0, 0.1) is 5.82 Å². The third-order valence-electron chi connectivity index (χ3n) is 4.59. The van der Waals surface area contributed by atoms with Crippen molar-refractivity contribution in [2.75, 3.05) is 0 Å². The van der Waals surface area contributed by atoms with E-state index in [4.69, 9.17) is 4.42 Å². The highest BCUT2D eigenvalue weighted by Gasteiger charge is 2.12. The second-order valence-electron chi connectivity index (χ2n) is 6.30. The molecule has 6 heteroatoms. The summed E-state index contributed by atoms with van der Waals surface area (Å²) in [6, 6.07) is 17.9. The maximum absolute atomic E-state index is 13.1. The molecule has 0 aliphatic heterocycles. The van der Waals surface area contributed by atoms with E-state index in [1.807, 2.05) is 41.9 Å². The summed E-state index contributed by atoms with van der Waals surface area (Å²) in [6.07, 6.45) is 0. The molecule has 132 valence electrons. The third kappa shape index (κ3) is 2.84. The zero-order chi connectivity index (χ0) is 18.4. The molecule has 0 spiro atoms. The number of nitrogens with zero attached hydrogens (tertiary/aromatic N) is 2. The summed E-state index contributed by atoms with van der Waals surface area (Å²) >= 11 is 1.60. The zero-order valence-corrected chi connectivity index (χ0v) is 14.9. The van der Waals surface area contributed by atoms with Crippen LogP contribution in [0.5, 0.6) is 0 Å². The first-order valence-corrected chi connectivity index (χ1v) is 9.27. The van der Waals surface area contributed by atoms with E-state index in [-0.39, 0.29) is 5.82 Å². The van der Waals surface area contributed by atoms with Gasteiger partial charge in [0, 0.05) is 0 Å². The molecule has 0 saturated heterocycles. The van der Waals surface area contributed by atoms with Crippen molar-refractivity contribution in [1.29, 1.82) is 0 Å². The Morgan fingerprint density at radius 1 is 1.00 bits per heavy atom. The van der Waals surface area contributed by atoms with Gasteiger partial charge in [-0.1, -0.05) is 24.3 Å². The normalized spacial score (nSPS) is 11.4. The van der Waals surface area contributed by atoms with Gasteiger partial charge in [-0.25, -0.2) is 14.2 Å². The fourth-order valence-electron chi connectivity index (χ4n) is 3.21. The Morgan fingerprint density at radius 2 is 1.78 bits per heavy atom. The molecule has 0 amide bonds. The minimum absolute atomic E-state index is 0.301. The van der Waals surface area contributed by atoms with Crippen LogP contribution in [0.4, 0.5) is 4.39 Å². The maximum atomic E-state index is 13.1. The molecule has 0 unspecified atom stereocenters. The summed E-state index contributed by atoms with van der Waals surface area (Å²) in [5, 5.41) is 0. The highest BCUT2D eigenvalue weighted by atomic mass is 32.1. The smallest absolute Gasteiger partial charge is 0.408 e. The molecule has 0 fully saturated rings. The molecule has 0 aliphatic carbocycles. The van der Waals surface area contributed by atoms with Crippen LogP contribution < -0.4 is 5.76 Å². The van der Waals surface area contributed by atoms with Gasteiger partial charge in [-0.3, -0.25) is 4.57 Å². The molecule has 5 rings (SSSR count). The minimum atomic E-state index is -0.429. The van der Waals surface area contributed by atoms with E-state index in [9.17, 15) is 9.18 Å². The van der Waals surface area contributed by atoms with Gasteiger partial charge in [0.1, 0.15) is 5.82 Å². The van der Waals surface area contributed by atoms with Crippen LogP contribution in [0.2, 0.25) is 0 Å². The number of thiazole rings is 1. The van der Waals surface area contributed by atoms with Gasteiger partial charge in [0.2, 0.25) is 0 Å². The molecule has 27 heavy (non-hydrogen) atoms. The molecule has 0 radical (unpaired) electrons.